The van der Waals surface area contributed by atoms with Crippen molar-refractivity contribution in [2.75, 3.05) is 13.1 Å². The lowest BCUT2D eigenvalue weighted by Gasteiger charge is -2.13. The quantitative estimate of drug-likeness (QED) is 0.852. The molecule has 0 fully saturated rings. The zero-order valence-electron chi connectivity index (χ0n) is 12.8. The zero-order chi connectivity index (χ0) is 17.1. The van der Waals surface area contributed by atoms with Crippen LogP contribution in [0.5, 0.6) is 0 Å². The minimum Gasteiger partial charge on any atom is -0.354 e. The first kappa shape index (κ1) is 15.9. The highest BCUT2D eigenvalue weighted by Gasteiger charge is 2.36. The first-order valence-corrected chi connectivity index (χ1v) is 7.53. The molecule has 0 aromatic heterocycles. The first-order chi connectivity index (χ1) is 11.6. The maximum absolute atomic E-state index is 13.5. The molecule has 1 aliphatic rings. The number of carbonyl (C=O) groups excluding carboxylic acids is 3. The van der Waals surface area contributed by atoms with Gasteiger partial charge in [0.2, 0.25) is 5.91 Å². The highest BCUT2D eigenvalue weighted by molar-refractivity contribution is 6.22. The van der Waals surface area contributed by atoms with Crippen LogP contribution < -0.4 is 5.32 Å². The van der Waals surface area contributed by atoms with Gasteiger partial charge in [-0.2, -0.15) is 0 Å². The summed E-state index contributed by atoms with van der Waals surface area (Å²) in [5.41, 5.74) is 1.11. The van der Waals surface area contributed by atoms with Gasteiger partial charge in [-0.1, -0.05) is 30.3 Å². The zero-order valence-corrected chi connectivity index (χ0v) is 12.8. The SMILES string of the molecule is O=C(CN1C(=O)c2ccccc2C1=O)NCCc1ccccc1F. The van der Waals surface area contributed by atoms with Crippen molar-refractivity contribution in [2.24, 2.45) is 0 Å². The Bertz CT molecular complexity index is 784. The third-order valence-electron chi connectivity index (χ3n) is 3.85. The van der Waals surface area contributed by atoms with Crippen LogP contribution in [0.25, 0.3) is 0 Å². The van der Waals surface area contributed by atoms with Crippen LogP contribution in [0.3, 0.4) is 0 Å². The standard InChI is InChI=1S/C18H15FN2O3/c19-15-8-4-1-5-12(15)9-10-20-16(22)11-21-17(23)13-6-2-3-7-14(13)18(21)24/h1-8H,9-11H2,(H,20,22). The minimum absolute atomic E-state index is 0.225. The number of carbonyl (C=O) groups is 3. The number of hydrogen-bond acceptors (Lipinski definition) is 3. The summed E-state index contributed by atoms with van der Waals surface area (Å²) < 4.78 is 13.5. The number of benzene rings is 2. The highest BCUT2D eigenvalue weighted by atomic mass is 19.1. The molecule has 0 aliphatic carbocycles. The summed E-state index contributed by atoms with van der Waals surface area (Å²) in [6, 6.07) is 12.8. The molecule has 3 amide bonds. The molecular formula is C18H15FN2O3. The van der Waals surface area contributed by atoms with E-state index in [-0.39, 0.29) is 18.9 Å². The molecule has 0 saturated heterocycles. The monoisotopic (exact) mass is 326 g/mol. The molecule has 2 aromatic rings. The van der Waals surface area contributed by atoms with Crippen molar-refractivity contribution in [2.45, 2.75) is 6.42 Å². The Labute approximate surface area is 138 Å². The minimum atomic E-state index is -0.472. The van der Waals surface area contributed by atoms with E-state index in [0.29, 0.717) is 23.1 Å². The molecule has 0 spiro atoms. The van der Waals surface area contributed by atoms with Gasteiger partial charge < -0.3 is 5.32 Å². The number of nitrogens with one attached hydrogen (secondary N) is 1. The average Bonchev–Trinajstić information content (AvgIpc) is 2.82. The van der Waals surface area contributed by atoms with Crippen LogP contribution in [-0.4, -0.2) is 35.7 Å². The molecule has 5 nitrogen and oxygen atoms in total. The van der Waals surface area contributed by atoms with Gasteiger partial charge in [-0.05, 0) is 30.2 Å². The molecule has 0 bridgehead atoms. The van der Waals surface area contributed by atoms with Gasteiger partial charge in [0.25, 0.3) is 11.8 Å². The van der Waals surface area contributed by atoms with E-state index >= 15 is 0 Å². The third kappa shape index (κ3) is 3.03. The Morgan fingerprint density at radius 3 is 2.17 bits per heavy atom. The number of fused-ring (bicyclic) bond motifs is 1. The molecule has 24 heavy (non-hydrogen) atoms. The van der Waals surface area contributed by atoms with Gasteiger partial charge >= 0.3 is 0 Å². The summed E-state index contributed by atoms with van der Waals surface area (Å²) in [7, 11) is 0. The summed E-state index contributed by atoms with van der Waals surface area (Å²) >= 11 is 0. The molecule has 1 N–H and O–H groups in total. The van der Waals surface area contributed by atoms with Gasteiger partial charge in [-0.15, -0.1) is 0 Å². The molecule has 0 saturated carbocycles. The number of rotatable bonds is 5. The number of nitrogens with zero attached hydrogens (tertiary/aromatic N) is 1. The van der Waals surface area contributed by atoms with Crippen LogP contribution in [0, 0.1) is 5.82 Å². The van der Waals surface area contributed by atoms with Crippen LogP contribution in [0.1, 0.15) is 26.3 Å². The molecule has 0 radical (unpaired) electrons. The van der Waals surface area contributed by atoms with Crippen molar-refractivity contribution >= 4 is 17.7 Å². The maximum atomic E-state index is 13.5. The van der Waals surface area contributed by atoms with Crippen LogP contribution in [0.2, 0.25) is 0 Å². The summed E-state index contributed by atoms with van der Waals surface area (Å²) in [5, 5.41) is 2.60. The fourth-order valence-corrected chi connectivity index (χ4v) is 2.62. The van der Waals surface area contributed by atoms with E-state index in [1.165, 1.54) is 6.07 Å². The van der Waals surface area contributed by atoms with E-state index in [1.807, 2.05) is 0 Å². The van der Waals surface area contributed by atoms with Gasteiger partial charge in [-0.3, -0.25) is 19.3 Å². The molecule has 1 aliphatic heterocycles. The van der Waals surface area contributed by atoms with Gasteiger partial charge in [0.1, 0.15) is 12.4 Å². The van der Waals surface area contributed by atoms with Crippen LogP contribution >= 0.6 is 0 Å². The van der Waals surface area contributed by atoms with Crippen molar-refractivity contribution in [1.29, 1.82) is 0 Å². The number of amides is 3. The fourth-order valence-electron chi connectivity index (χ4n) is 2.62. The van der Waals surface area contributed by atoms with Gasteiger partial charge in [0, 0.05) is 6.54 Å². The number of hydrogen-bond donors (Lipinski definition) is 1. The first-order valence-electron chi connectivity index (χ1n) is 7.53. The predicted molar refractivity (Wildman–Crippen MR) is 84.9 cm³/mol. The van der Waals surface area contributed by atoms with Crippen molar-refractivity contribution < 1.29 is 18.8 Å². The molecule has 0 atom stereocenters. The fraction of sp³-hybridized carbons (Fsp3) is 0.167. The van der Waals surface area contributed by atoms with Crippen molar-refractivity contribution in [1.82, 2.24) is 10.2 Å². The largest absolute Gasteiger partial charge is 0.354 e. The molecule has 6 heteroatoms. The summed E-state index contributed by atoms with van der Waals surface area (Å²) in [4.78, 5) is 37.2. The second kappa shape index (κ2) is 6.62. The molecule has 2 aromatic carbocycles. The predicted octanol–water partition coefficient (Wildman–Crippen LogP) is 1.78. The summed E-state index contributed by atoms with van der Waals surface area (Å²) in [5.74, 6) is -1.73. The Morgan fingerprint density at radius 2 is 1.54 bits per heavy atom. The van der Waals surface area contributed by atoms with Crippen LogP contribution in [0.4, 0.5) is 4.39 Å². The van der Waals surface area contributed by atoms with Crippen LogP contribution in [-0.2, 0) is 11.2 Å². The molecular weight excluding hydrogens is 311 g/mol. The molecule has 3 rings (SSSR count). The normalized spacial score (nSPS) is 13.1. The van der Waals surface area contributed by atoms with E-state index in [1.54, 1.807) is 42.5 Å². The Kier molecular flexibility index (Phi) is 4.37. The van der Waals surface area contributed by atoms with Gasteiger partial charge in [-0.25, -0.2) is 4.39 Å². The second-order valence-electron chi connectivity index (χ2n) is 5.43. The average molecular weight is 326 g/mol. The second-order valence-corrected chi connectivity index (χ2v) is 5.43. The summed E-state index contributed by atoms with van der Waals surface area (Å²) in [6.07, 6.45) is 0.334. The number of imide groups is 1. The van der Waals surface area contributed by atoms with E-state index in [9.17, 15) is 18.8 Å². The van der Waals surface area contributed by atoms with Crippen molar-refractivity contribution in [3.8, 4) is 0 Å². The topological polar surface area (TPSA) is 66.5 Å². The van der Waals surface area contributed by atoms with Gasteiger partial charge in [0.05, 0.1) is 11.1 Å². The lowest BCUT2D eigenvalue weighted by molar-refractivity contribution is -0.121. The molecule has 122 valence electrons. The Morgan fingerprint density at radius 1 is 0.958 bits per heavy atom. The lowest BCUT2D eigenvalue weighted by Crippen LogP contribution is -2.40. The Balaban J connectivity index is 1.56. The molecule has 1 heterocycles. The van der Waals surface area contributed by atoms with Crippen molar-refractivity contribution in [3.05, 3.63) is 71.0 Å². The maximum Gasteiger partial charge on any atom is 0.262 e. The third-order valence-corrected chi connectivity index (χ3v) is 3.85. The van der Waals surface area contributed by atoms with Crippen LogP contribution in [0.15, 0.2) is 48.5 Å². The van der Waals surface area contributed by atoms with E-state index in [2.05, 4.69) is 5.32 Å². The number of halogens is 1. The van der Waals surface area contributed by atoms with Gasteiger partial charge in [0.15, 0.2) is 0 Å². The van der Waals surface area contributed by atoms with E-state index < -0.39 is 17.7 Å². The summed E-state index contributed by atoms with van der Waals surface area (Å²) in [6.45, 7) is -0.118. The van der Waals surface area contributed by atoms with E-state index in [0.717, 1.165) is 4.90 Å². The van der Waals surface area contributed by atoms with E-state index in [4.69, 9.17) is 0 Å². The highest BCUT2D eigenvalue weighted by Crippen LogP contribution is 2.21. The smallest absolute Gasteiger partial charge is 0.262 e. The lowest BCUT2D eigenvalue weighted by atomic mass is 10.1. The van der Waals surface area contributed by atoms with Crippen molar-refractivity contribution in [3.63, 3.8) is 0 Å². The Hall–Kier alpha value is -3.02. The molecule has 0 unspecified atom stereocenters.